The molecule has 5 atom stereocenters. The van der Waals surface area contributed by atoms with Crippen molar-refractivity contribution in [3.8, 4) is 5.75 Å². The Morgan fingerprint density at radius 1 is 1.21 bits per heavy atom. The van der Waals surface area contributed by atoms with Crippen LogP contribution in [0.4, 0.5) is 0 Å². The van der Waals surface area contributed by atoms with Gasteiger partial charge in [-0.15, -0.1) is 0 Å². The molecular weight excluding hydrogens is 517 g/mol. The third-order valence-electron chi connectivity index (χ3n) is 6.30. The number of primary amides is 1. The lowest BCUT2D eigenvalue weighted by atomic mass is 9.54. The van der Waals surface area contributed by atoms with Crippen LogP contribution in [0.15, 0.2) is 6.07 Å². The van der Waals surface area contributed by atoms with Crippen molar-refractivity contribution in [1.82, 2.24) is 0 Å². The molecule has 0 aliphatic heterocycles. The van der Waals surface area contributed by atoms with E-state index in [1.54, 1.807) is 22.6 Å². The number of amides is 1. The second-order valence-electron chi connectivity index (χ2n) is 7.78. The Bertz CT molecular complexity index is 1040. The van der Waals surface area contributed by atoms with Crippen LogP contribution in [-0.4, -0.2) is 44.9 Å². The number of carbonyl (C=O) groups excluding carboxylic acids is 5. The zero-order valence-corrected chi connectivity index (χ0v) is 17.7. The van der Waals surface area contributed by atoms with Crippen LogP contribution in [0.3, 0.4) is 0 Å². The molecule has 2 unspecified atom stereocenters. The number of nitrogens with two attached hydrogens (primary N) is 1. The van der Waals surface area contributed by atoms with Crippen LogP contribution in [0, 0.1) is 27.2 Å². The van der Waals surface area contributed by atoms with E-state index in [9.17, 15) is 34.2 Å². The quantitative estimate of drug-likeness (QED) is 0.354. The Balaban J connectivity index is 1.84. The minimum Gasteiger partial charge on any atom is -0.506 e. The number of benzene rings is 1. The van der Waals surface area contributed by atoms with Crippen molar-refractivity contribution in [3.63, 3.8) is 0 Å². The average molecular weight is 532 g/mol. The van der Waals surface area contributed by atoms with Crippen molar-refractivity contribution in [3.05, 3.63) is 25.8 Å². The lowest BCUT2D eigenvalue weighted by Crippen LogP contribution is -2.68. The monoisotopic (exact) mass is 531 g/mol. The third-order valence-corrected chi connectivity index (χ3v) is 7.46. The molecule has 0 saturated heterocycles. The number of ketones is 4. The summed E-state index contributed by atoms with van der Waals surface area (Å²) in [5.41, 5.74) is 2.80. The largest absolute Gasteiger partial charge is 0.506 e. The molecule has 0 radical (unpaired) electrons. The van der Waals surface area contributed by atoms with Crippen molar-refractivity contribution in [2.75, 3.05) is 0 Å². The zero-order valence-electron chi connectivity index (χ0n) is 14.8. The molecule has 2 fully saturated rings. The Kier molecular flexibility index (Phi) is 4.63. The van der Waals surface area contributed by atoms with Crippen LogP contribution in [0.1, 0.15) is 28.8 Å². The summed E-state index contributed by atoms with van der Waals surface area (Å²) in [7, 11) is 0. The first kappa shape index (κ1) is 20.4. The minimum absolute atomic E-state index is 0.0458. The molecule has 1 aromatic carbocycles. The molecule has 0 aromatic heterocycles. The number of Topliss-reactive ketones (excluding diaryl/α,β-unsaturated/α-hetero) is 4. The van der Waals surface area contributed by atoms with Crippen molar-refractivity contribution >= 4 is 63.2 Å². The molecule has 1 aromatic rings. The predicted octanol–water partition coefficient (Wildman–Crippen LogP) is 0.585. The molecule has 2 saturated carbocycles. The first-order valence-corrected chi connectivity index (χ1v) is 10.3. The Morgan fingerprint density at radius 3 is 2.48 bits per heavy atom. The normalized spacial score (nSPS) is 33.8. The molecule has 0 spiro atoms. The summed E-state index contributed by atoms with van der Waals surface area (Å²) < 4.78 is 0.325. The van der Waals surface area contributed by atoms with E-state index >= 15 is 0 Å². The first-order valence-electron chi connectivity index (χ1n) is 8.87. The number of carbonyl (C=O) groups is 5. The zero-order chi connectivity index (χ0) is 21.4. The van der Waals surface area contributed by atoms with Gasteiger partial charge in [0.1, 0.15) is 5.75 Å². The number of rotatable bonds is 1. The lowest BCUT2D eigenvalue weighted by Gasteiger charge is -2.48. The third kappa shape index (κ3) is 2.63. The van der Waals surface area contributed by atoms with Crippen LogP contribution in [0.25, 0.3) is 0 Å². The van der Waals surface area contributed by atoms with Crippen molar-refractivity contribution in [1.29, 1.82) is 0 Å². The van der Waals surface area contributed by atoms with E-state index in [0.717, 1.165) is 0 Å². The molecule has 8 nitrogen and oxygen atoms in total. The Hall–Kier alpha value is -1.85. The highest BCUT2D eigenvalue weighted by atomic mass is 127. The second kappa shape index (κ2) is 6.58. The van der Waals surface area contributed by atoms with Crippen LogP contribution in [-0.2, 0) is 25.6 Å². The summed E-state index contributed by atoms with van der Waals surface area (Å²) >= 11 is 8.06. The number of hydrogen-bond donors (Lipinski definition) is 3. The van der Waals surface area contributed by atoms with E-state index in [4.69, 9.17) is 17.3 Å². The number of aromatic hydroxyl groups is 1. The van der Waals surface area contributed by atoms with Gasteiger partial charge in [0.15, 0.2) is 34.7 Å². The summed E-state index contributed by atoms with van der Waals surface area (Å²) in [6.45, 7) is 0. The number of aliphatic hydroxyl groups is 1. The summed E-state index contributed by atoms with van der Waals surface area (Å²) in [5.74, 6) is -10.3. The summed E-state index contributed by atoms with van der Waals surface area (Å²) in [6, 6.07) is 1.51. The summed E-state index contributed by atoms with van der Waals surface area (Å²) in [4.78, 5) is 63.0. The number of phenols is 1. The Labute approximate surface area is 182 Å². The fraction of sp³-hybridized carbons (Fsp3) is 0.421. The molecule has 152 valence electrons. The van der Waals surface area contributed by atoms with E-state index in [-0.39, 0.29) is 35.6 Å². The van der Waals surface area contributed by atoms with Crippen molar-refractivity contribution in [2.45, 2.75) is 24.9 Å². The fourth-order valence-electron chi connectivity index (χ4n) is 4.96. The van der Waals surface area contributed by atoms with Crippen LogP contribution < -0.4 is 5.73 Å². The van der Waals surface area contributed by atoms with Gasteiger partial charge in [0.25, 0.3) is 0 Å². The Morgan fingerprint density at radius 2 is 1.86 bits per heavy atom. The smallest absolute Gasteiger partial charge is 0.235 e. The molecule has 1 amide bonds. The lowest BCUT2D eigenvalue weighted by molar-refractivity contribution is -0.175. The van der Waals surface area contributed by atoms with E-state index in [0.29, 0.717) is 9.13 Å². The molecule has 0 heterocycles. The molecule has 3 aliphatic rings. The molecule has 4 N–H and O–H groups in total. The van der Waals surface area contributed by atoms with Gasteiger partial charge in [0, 0.05) is 17.4 Å². The minimum atomic E-state index is -2.64. The predicted molar refractivity (Wildman–Crippen MR) is 106 cm³/mol. The molecule has 29 heavy (non-hydrogen) atoms. The van der Waals surface area contributed by atoms with E-state index in [1.807, 2.05) is 0 Å². The van der Waals surface area contributed by atoms with E-state index < -0.39 is 58.3 Å². The van der Waals surface area contributed by atoms with Crippen molar-refractivity contribution in [2.24, 2.45) is 29.4 Å². The topological polar surface area (TPSA) is 152 Å². The maximum Gasteiger partial charge on any atom is 0.235 e. The molecule has 10 heteroatoms. The number of hydrogen-bond acceptors (Lipinski definition) is 7. The summed E-state index contributed by atoms with van der Waals surface area (Å²) in [6.07, 6.45) is -0.142. The van der Waals surface area contributed by atoms with Gasteiger partial charge in [0.2, 0.25) is 5.91 Å². The van der Waals surface area contributed by atoms with Gasteiger partial charge in [-0.1, -0.05) is 11.6 Å². The fourth-order valence-corrected chi connectivity index (χ4v) is 6.00. The molecule has 4 rings (SSSR count). The van der Waals surface area contributed by atoms with Gasteiger partial charge in [-0.05, 0) is 53.0 Å². The number of halogens is 2. The molecule has 3 aliphatic carbocycles. The maximum absolute atomic E-state index is 13.2. The highest BCUT2D eigenvalue weighted by Gasteiger charge is 2.66. The highest BCUT2D eigenvalue weighted by molar-refractivity contribution is 14.1. The van der Waals surface area contributed by atoms with Gasteiger partial charge in [-0.2, -0.15) is 0 Å². The van der Waals surface area contributed by atoms with Crippen LogP contribution >= 0.6 is 34.2 Å². The summed E-state index contributed by atoms with van der Waals surface area (Å²) in [5, 5.41) is 21.7. The van der Waals surface area contributed by atoms with E-state index in [2.05, 4.69) is 0 Å². The standard InChI is InChI=1S/C19H15ClINO7/c20-8-4-9(21)14(24)12-7(8)2-5-1-6-3-10(23)13(18(22)28)17(27)19(6,29)16(26)11(5)15(12)25/h4-6,11,13,24,29H,1-3H2,(H2,22,28)/t5-,6+,11?,13?,19+/m1/s1. The molecule has 0 bridgehead atoms. The molecular formula is C19H15ClINO7. The van der Waals surface area contributed by atoms with Gasteiger partial charge in [-0.3, -0.25) is 24.0 Å². The van der Waals surface area contributed by atoms with Gasteiger partial charge in [-0.25, -0.2) is 0 Å². The van der Waals surface area contributed by atoms with Gasteiger partial charge >= 0.3 is 0 Å². The number of fused-ring (bicyclic) bond motifs is 3. The second-order valence-corrected chi connectivity index (χ2v) is 9.35. The average Bonchev–Trinajstić information content (AvgIpc) is 2.62. The van der Waals surface area contributed by atoms with E-state index in [1.165, 1.54) is 6.07 Å². The highest BCUT2D eigenvalue weighted by Crippen LogP contribution is 2.51. The van der Waals surface area contributed by atoms with Gasteiger partial charge < -0.3 is 15.9 Å². The first-order chi connectivity index (χ1) is 13.5. The maximum atomic E-state index is 13.2. The van der Waals surface area contributed by atoms with Crippen molar-refractivity contribution < 1.29 is 34.2 Å². The van der Waals surface area contributed by atoms with Crippen LogP contribution in [0.2, 0.25) is 5.02 Å². The SMILES string of the molecule is NC(=O)C1C(=O)C[C@@H]2C[C@@H]3Cc4c(Cl)cc(I)c(O)c4C(=O)C3C(=O)[C@]2(O)C1=O. The number of phenolic OH excluding ortho intramolecular Hbond substituents is 1. The van der Waals surface area contributed by atoms with Gasteiger partial charge in [0.05, 0.1) is 15.1 Å². The van der Waals surface area contributed by atoms with Crippen LogP contribution in [0.5, 0.6) is 5.75 Å².